The summed E-state index contributed by atoms with van der Waals surface area (Å²) >= 11 is 0. The number of unbranched alkanes of at least 4 members (excludes halogenated alkanes) is 8. The molecule has 1 aliphatic carbocycles. The summed E-state index contributed by atoms with van der Waals surface area (Å²) in [5, 5.41) is 34.7. The van der Waals surface area contributed by atoms with Crippen LogP contribution >= 0.6 is 0 Å². The van der Waals surface area contributed by atoms with Gasteiger partial charge in [0.05, 0.1) is 43.4 Å². The number of carbonyl (C=O) groups is 5. The predicted molar refractivity (Wildman–Crippen MR) is 230 cm³/mol. The first-order valence-electron chi connectivity index (χ1n) is 21.0. The quantitative estimate of drug-likeness (QED) is 0.0289. The summed E-state index contributed by atoms with van der Waals surface area (Å²) in [4.78, 5) is 62.3. The summed E-state index contributed by atoms with van der Waals surface area (Å²) in [5.41, 5.74) is 3.00. The number of nitrogens with zero attached hydrogens (tertiary/aromatic N) is 1. The highest BCUT2D eigenvalue weighted by molar-refractivity contribution is 5.98. The fourth-order valence-corrected chi connectivity index (χ4v) is 8.06. The van der Waals surface area contributed by atoms with Gasteiger partial charge in [0.1, 0.15) is 5.78 Å². The maximum atomic E-state index is 13.4. The normalized spacial score (nSPS) is 17.7. The number of nitriles is 1. The van der Waals surface area contributed by atoms with Crippen molar-refractivity contribution in [2.24, 2.45) is 23.7 Å². The number of fused-ring (bicyclic) bond motifs is 1. The minimum Gasteiger partial charge on any atom is -0.493 e. The number of Topliss-reactive ketones (excluding diaryl/α,β-unsaturated/α-hetero) is 1. The molecule has 0 aromatic heterocycles. The summed E-state index contributed by atoms with van der Waals surface area (Å²) in [5.74, 6) is -6.03. The average molecular weight is 854 g/mol. The molecule has 15 nitrogen and oxygen atoms in total. The van der Waals surface area contributed by atoms with Crippen LogP contribution in [0.15, 0.2) is 54.6 Å². The molecule has 62 heavy (non-hydrogen) atoms. The van der Waals surface area contributed by atoms with Gasteiger partial charge in [0.25, 0.3) is 0 Å². The van der Waals surface area contributed by atoms with Crippen LogP contribution in [0.4, 0.5) is 11.4 Å². The second-order valence-corrected chi connectivity index (χ2v) is 15.5. The molecule has 1 heterocycles. The van der Waals surface area contributed by atoms with Crippen molar-refractivity contribution in [1.82, 2.24) is 0 Å². The fourth-order valence-electron chi connectivity index (χ4n) is 8.06. The molecular formula is C47H55N3O12. The Balaban J connectivity index is 0.963. The van der Waals surface area contributed by atoms with Gasteiger partial charge in [-0.3, -0.25) is 19.2 Å². The first-order chi connectivity index (χ1) is 29.9. The van der Waals surface area contributed by atoms with Gasteiger partial charge in [-0.1, -0.05) is 51.0 Å². The van der Waals surface area contributed by atoms with Crippen LogP contribution in [0.5, 0.6) is 23.0 Å². The lowest BCUT2D eigenvalue weighted by Crippen LogP contribution is -2.33. The third-order valence-corrected chi connectivity index (χ3v) is 11.3. The van der Waals surface area contributed by atoms with Crippen LogP contribution < -0.4 is 29.6 Å². The molecule has 3 aromatic carbocycles. The number of ketones is 1. The van der Waals surface area contributed by atoms with E-state index in [1.54, 1.807) is 44.5 Å². The highest BCUT2D eigenvalue weighted by Crippen LogP contribution is 2.45. The number of ether oxygens (including phenoxy) is 5. The molecule has 0 saturated heterocycles. The van der Waals surface area contributed by atoms with Crippen LogP contribution in [0.1, 0.15) is 99.0 Å². The van der Waals surface area contributed by atoms with Gasteiger partial charge in [0.2, 0.25) is 12.7 Å². The molecule has 5 rings (SSSR count). The number of anilines is 2. The highest BCUT2D eigenvalue weighted by atomic mass is 16.7. The summed E-state index contributed by atoms with van der Waals surface area (Å²) < 4.78 is 27.9. The van der Waals surface area contributed by atoms with E-state index in [0.29, 0.717) is 47.3 Å². The summed E-state index contributed by atoms with van der Waals surface area (Å²) in [6.45, 7) is 2.21. The average Bonchev–Trinajstić information content (AvgIpc) is 3.89. The van der Waals surface area contributed by atoms with E-state index >= 15 is 0 Å². The van der Waals surface area contributed by atoms with Gasteiger partial charge in [-0.25, -0.2) is 4.79 Å². The maximum absolute atomic E-state index is 13.4. The van der Waals surface area contributed by atoms with Gasteiger partial charge in [0, 0.05) is 36.7 Å². The fraction of sp³-hybridized carbons (Fsp3) is 0.447. The van der Waals surface area contributed by atoms with Crippen LogP contribution in [0.3, 0.4) is 0 Å². The lowest BCUT2D eigenvalue weighted by Gasteiger charge is -2.21. The van der Waals surface area contributed by atoms with E-state index in [0.717, 1.165) is 62.5 Å². The van der Waals surface area contributed by atoms with E-state index in [4.69, 9.17) is 23.7 Å². The van der Waals surface area contributed by atoms with E-state index in [-0.39, 0.29) is 31.1 Å². The largest absolute Gasteiger partial charge is 0.493 e. The number of hydrogen-bond acceptors (Lipinski definition) is 12. The molecule has 1 fully saturated rings. The molecule has 4 N–H and O–H groups in total. The molecule has 1 saturated carbocycles. The number of nitrogens with one attached hydrogen (secondary N) is 2. The maximum Gasteiger partial charge on any atom is 0.338 e. The van der Waals surface area contributed by atoms with Crippen LogP contribution in [0.2, 0.25) is 0 Å². The zero-order valence-electron chi connectivity index (χ0n) is 35.4. The molecule has 3 aromatic rings. The molecule has 2 aliphatic rings. The first kappa shape index (κ1) is 46.5. The van der Waals surface area contributed by atoms with Crippen molar-refractivity contribution in [3.63, 3.8) is 0 Å². The number of allylic oxidation sites excluding steroid dienone is 1. The van der Waals surface area contributed by atoms with Crippen molar-refractivity contribution in [2.75, 3.05) is 44.8 Å². The molecule has 1 aliphatic heterocycles. The smallest absolute Gasteiger partial charge is 0.338 e. The summed E-state index contributed by atoms with van der Waals surface area (Å²) in [6.07, 6.45) is 10.1. The van der Waals surface area contributed by atoms with Gasteiger partial charge in [-0.2, -0.15) is 5.26 Å². The number of carboxylic acids is 2. The molecule has 330 valence electrons. The Hall–Kier alpha value is -6.56. The van der Waals surface area contributed by atoms with Crippen LogP contribution in [-0.2, 0) is 23.9 Å². The molecule has 0 radical (unpaired) electrons. The van der Waals surface area contributed by atoms with Crippen LogP contribution in [0, 0.1) is 35.0 Å². The molecule has 15 heteroatoms. The minimum absolute atomic E-state index is 0.0852. The number of carbonyl (C=O) groups excluding carboxylic acids is 3. The Morgan fingerprint density at radius 1 is 0.806 bits per heavy atom. The lowest BCUT2D eigenvalue weighted by molar-refractivity contribution is -0.148. The molecule has 1 amide bonds. The van der Waals surface area contributed by atoms with E-state index in [1.165, 1.54) is 13.0 Å². The van der Waals surface area contributed by atoms with Crippen molar-refractivity contribution >= 4 is 52.6 Å². The van der Waals surface area contributed by atoms with E-state index < -0.39 is 59.7 Å². The molecule has 0 bridgehead atoms. The monoisotopic (exact) mass is 853 g/mol. The van der Waals surface area contributed by atoms with Crippen molar-refractivity contribution in [3.05, 3.63) is 71.3 Å². The van der Waals surface area contributed by atoms with Crippen molar-refractivity contribution in [1.29, 1.82) is 5.26 Å². The predicted octanol–water partition coefficient (Wildman–Crippen LogP) is 8.23. The number of rotatable bonds is 24. The number of hydrogen-bond donors (Lipinski definition) is 4. The van der Waals surface area contributed by atoms with Crippen LogP contribution in [-0.4, -0.2) is 74.0 Å². The second-order valence-electron chi connectivity index (χ2n) is 15.5. The van der Waals surface area contributed by atoms with E-state index in [9.17, 15) is 39.4 Å². The molecule has 4 atom stereocenters. The number of amides is 1. The Bertz CT molecular complexity index is 2160. The number of methoxy groups -OCH3 is 1. The third kappa shape index (κ3) is 12.7. The summed E-state index contributed by atoms with van der Waals surface area (Å²) in [6, 6.07) is 17.9. The highest BCUT2D eigenvalue weighted by Gasteiger charge is 2.52. The van der Waals surface area contributed by atoms with Gasteiger partial charge in [0.15, 0.2) is 23.0 Å². The number of carboxylic acid groups (broad SMARTS) is 2. The number of esters is 1. The standard InChI is InChI=1S/C47H55N3O12/c1-29(51)36-25-38(37(26-43(52)53)44(36)46(55)56)45(54)50-35-22-32(21-34(24-35)49-2)47(57)60-18-12-10-8-6-4-5-7-9-11-17-59-39-15-13-30(20-41(39)58-3)19-33(27-48)31-14-16-40-42(23-31)62-28-61-40/h13-16,19-24,36-38,44,49H,4-12,17-18,25-26,28H2,1-3H3,(H,50,54)(H,52,53)(H,55,56)/b33-19+. The minimum atomic E-state index is -1.31. The molecular weight excluding hydrogens is 799 g/mol. The van der Waals surface area contributed by atoms with Crippen molar-refractivity contribution in [2.45, 2.75) is 77.6 Å². The molecule has 4 unspecified atom stereocenters. The van der Waals surface area contributed by atoms with E-state index in [1.807, 2.05) is 24.3 Å². The van der Waals surface area contributed by atoms with Crippen molar-refractivity contribution < 1.29 is 57.9 Å². The van der Waals surface area contributed by atoms with Crippen molar-refractivity contribution in [3.8, 4) is 29.1 Å². The SMILES string of the molecule is CNc1cc(NC(=O)C2CC(C(C)=O)C(C(=O)O)C2CC(=O)O)cc(C(=O)OCCCCCCCCCCCOc2ccc(/C=C(\C#N)c3ccc4c(c3)OCO4)cc2OC)c1. The zero-order chi connectivity index (χ0) is 44.6. The summed E-state index contributed by atoms with van der Waals surface area (Å²) in [7, 11) is 3.24. The number of benzene rings is 3. The Kier molecular flexibility index (Phi) is 17.2. The Morgan fingerprint density at radius 2 is 1.48 bits per heavy atom. The second kappa shape index (κ2) is 22.9. The van der Waals surface area contributed by atoms with Gasteiger partial charge < -0.3 is 44.5 Å². The van der Waals surface area contributed by atoms with Gasteiger partial charge in [-0.15, -0.1) is 0 Å². The van der Waals surface area contributed by atoms with Gasteiger partial charge >= 0.3 is 17.9 Å². The Morgan fingerprint density at radius 3 is 2.13 bits per heavy atom. The Labute approximate surface area is 361 Å². The lowest BCUT2D eigenvalue weighted by atomic mass is 9.83. The first-order valence-corrected chi connectivity index (χ1v) is 21.0. The zero-order valence-corrected chi connectivity index (χ0v) is 35.4. The third-order valence-electron chi connectivity index (χ3n) is 11.3. The van der Waals surface area contributed by atoms with E-state index in [2.05, 4.69) is 16.7 Å². The number of aliphatic carboxylic acids is 2. The van der Waals surface area contributed by atoms with Gasteiger partial charge in [-0.05, 0) is 97.8 Å². The topological polar surface area (TPSA) is 220 Å². The van der Waals surface area contributed by atoms with Crippen LogP contribution in [0.25, 0.3) is 11.6 Å². The molecule has 0 spiro atoms.